The molecule has 0 bridgehead atoms. The van der Waals surface area contributed by atoms with Crippen LogP contribution in [0, 0.1) is 0 Å². The zero-order valence-corrected chi connectivity index (χ0v) is 12.7. The first-order valence-electron chi connectivity index (χ1n) is 6.25. The Balaban J connectivity index is 3.24. The summed E-state index contributed by atoms with van der Waals surface area (Å²) in [5.41, 5.74) is 5.57. The molecule has 0 fully saturated rings. The molecule has 0 atom stereocenters. The summed E-state index contributed by atoms with van der Waals surface area (Å²) in [4.78, 5) is 0.0723. The minimum atomic E-state index is -3.66. The smallest absolute Gasteiger partial charge is 0.244 e. The molecule has 3 N–H and O–H groups in total. The van der Waals surface area contributed by atoms with Crippen molar-refractivity contribution < 1.29 is 13.2 Å². The molecule has 19 heavy (non-hydrogen) atoms. The molecule has 0 aromatic heterocycles. The molecule has 6 heteroatoms. The number of ether oxygens (including phenoxy) is 1. The fraction of sp³-hybridized carbons (Fsp3) is 0.538. The van der Waals surface area contributed by atoms with E-state index in [1.54, 1.807) is 12.1 Å². The Hall–Kier alpha value is -1.27. The van der Waals surface area contributed by atoms with Crippen LogP contribution >= 0.6 is 0 Å². The van der Waals surface area contributed by atoms with Gasteiger partial charge in [-0.1, -0.05) is 13.8 Å². The fourth-order valence-electron chi connectivity index (χ4n) is 1.68. The van der Waals surface area contributed by atoms with Crippen LogP contribution in [-0.2, 0) is 10.0 Å². The summed E-state index contributed by atoms with van der Waals surface area (Å²) >= 11 is 0. The highest BCUT2D eigenvalue weighted by molar-refractivity contribution is 7.89. The highest BCUT2D eigenvalue weighted by Crippen LogP contribution is 2.28. The molecule has 108 valence electrons. The minimum Gasteiger partial charge on any atom is -0.495 e. The van der Waals surface area contributed by atoms with Crippen LogP contribution in [0.25, 0.3) is 0 Å². The van der Waals surface area contributed by atoms with Crippen molar-refractivity contribution in [2.45, 2.75) is 44.0 Å². The van der Waals surface area contributed by atoms with Crippen molar-refractivity contribution in [3.05, 3.63) is 18.2 Å². The molecule has 0 saturated carbocycles. The molecule has 5 nitrogen and oxygen atoms in total. The van der Waals surface area contributed by atoms with Crippen molar-refractivity contribution in [1.29, 1.82) is 0 Å². The quantitative estimate of drug-likeness (QED) is 0.785. The predicted octanol–water partition coefficient (Wildman–Crippen LogP) is 2.13. The Morgan fingerprint density at radius 2 is 1.89 bits per heavy atom. The molecule has 1 rings (SSSR count). The molecule has 0 heterocycles. The molecule has 1 aromatic rings. The molecule has 0 aliphatic rings. The Labute approximate surface area is 115 Å². The Bertz CT molecular complexity index is 537. The average Bonchev–Trinajstić information content (AvgIpc) is 2.38. The van der Waals surface area contributed by atoms with Gasteiger partial charge in [-0.3, -0.25) is 0 Å². The van der Waals surface area contributed by atoms with E-state index in [1.165, 1.54) is 13.2 Å². The maximum atomic E-state index is 12.5. The van der Waals surface area contributed by atoms with Gasteiger partial charge >= 0.3 is 0 Å². The summed E-state index contributed by atoms with van der Waals surface area (Å²) in [6, 6.07) is 4.57. The third-order valence-electron chi connectivity index (χ3n) is 3.42. The van der Waals surface area contributed by atoms with Gasteiger partial charge < -0.3 is 10.5 Å². The maximum absolute atomic E-state index is 12.5. The van der Waals surface area contributed by atoms with Gasteiger partial charge in [-0.05, 0) is 38.0 Å². The zero-order valence-electron chi connectivity index (χ0n) is 11.9. The van der Waals surface area contributed by atoms with Gasteiger partial charge in [0.25, 0.3) is 0 Å². The molecule has 0 aliphatic carbocycles. The molecule has 0 radical (unpaired) electrons. The number of sulfonamides is 1. The lowest BCUT2D eigenvalue weighted by Gasteiger charge is -2.28. The van der Waals surface area contributed by atoms with Gasteiger partial charge in [0, 0.05) is 11.2 Å². The molecular formula is C13H22N2O3S. The van der Waals surface area contributed by atoms with Crippen molar-refractivity contribution in [2.24, 2.45) is 0 Å². The van der Waals surface area contributed by atoms with Gasteiger partial charge in [-0.15, -0.1) is 0 Å². The second kappa shape index (κ2) is 5.79. The number of methoxy groups -OCH3 is 1. The second-order valence-corrected chi connectivity index (χ2v) is 6.43. The van der Waals surface area contributed by atoms with E-state index in [2.05, 4.69) is 4.72 Å². The van der Waals surface area contributed by atoms with Crippen LogP contribution in [0.5, 0.6) is 5.75 Å². The lowest BCUT2D eigenvalue weighted by atomic mass is 9.98. The van der Waals surface area contributed by atoms with E-state index in [1.807, 2.05) is 20.8 Å². The minimum absolute atomic E-state index is 0.0723. The van der Waals surface area contributed by atoms with Gasteiger partial charge in [0.05, 0.1) is 7.11 Å². The summed E-state index contributed by atoms with van der Waals surface area (Å²) in [7, 11) is -2.23. The van der Waals surface area contributed by atoms with E-state index in [0.29, 0.717) is 18.5 Å². The van der Waals surface area contributed by atoms with Gasteiger partial charge in [0.1, 0.15) is 10.6 Å². The first kappa shape index (κ1) is 15.8. The summed E-state index contributed by atoms with van der Waals surface area (Å²) in [5, 5.41) is 0. The Kier molecular flexibility index (Phi) is 4.81. The van der Waals surface area contributed by atoms with Crippen LogP contribution in [0.4, 0.5) is 5.69 Å². The van der Waals surface area contributed by atoms with Gasteiger partial charge in [0.15, 0.2) is 0 Å². The number of nitrogen functional groups attached to an aromatic ring is 1. The largest absolute Gasteiger partial charge is 0.495 e. The van der Waals surface area contributed by atoms with Gasteiger partial charge in [0.2, 0.25) is 10.0 Å². The summed E-state index contributed by atoms with van der Waals surface area (Å²) in [5.74, 6) is 0.288. The third-order valence-corrected chi connectivity index (χ3v) is 5.08. The number of nitrogens with one attached hydrogen (secondary N) is 1. The van der Waals surface area contributed by atoms with Gasteiger partial charge in [-0.2, -0.15) is 0 Å². The maximum Gasteiger partial charge on any atom is 0.244 e. The van der Waals surface area contributed by atoms with Gasteiger partial charge in [-0.25, -0.2) is 13.1 Å². The van der Waals surface area contributed by atoms with Crippen molar-refractivity contribution in [2.75, 3.05) is 12.8 Å². The van der Waals surface area contributed by atoms with Crippen molar-refractivity contribution in [1.82, 2.24) is 4.72 Å². The second-order valence-electron chi connectivity index (χ2n) is 4.78. The van der Waals surface area contributed by atoms with Crippen molar-refractivity contribution in [3.63, 3.8) is 0 Å². The molecular weight excluding hydrogens is 264 g/mol. The zero-order chi connectivity index (χ0) is 14.7. The highest BCUT2D eigenvalue weighted by atomic mass is 32.2. The number of rotatable bonds is 6. The number of benzene rings is 1. The SMILES string of the molecule is CCC(C)(CC)NS(=O)(=O)c1cc(N)ccc1OC. The van der Waals surface area contributed by atoms with Crippen LogP contribution in [0.15, 0.2) is 23.1 Å². The fourth-order valence-corrected chi connectivity index (χ4v) is 3.43. The molecule has 0 amide bonds. The Morgan fingerprint density at radius 1 is 1.32 bits per heavy atom. The van der Waals surface area contributed by atoms with E-state index in [0.717, 1.165) is 0 Å². The van der Waals surface area contributed by atoms with E-state index < -0.39 is 15.6 Å². The van der Waals surface area contributed by atoms with Crippen LogP contribution in [-0.4, -0.2) is 21.1 Å². The molecule has 0 spiro atoms. The summed E-state index contributed by atoms with van der Waals surface area (Å²) in [6.07, 6.45) is 1.40. The number of anilines is 1. The van der Waals surface area contributed by atoms with Crippen LogP contribution in [0.3, 0.4) is 0 Å². The number of nitrogens with two attached hydrogens (primary N) is 1. The standard InChI is InChI=1S/C13H22N2O3S/c1-5-13(3,6-2)15-19(16,17)12-9-10(14)7-8-11(12)18-4/h7-9,15H,5-6,14H2,1-4H3. The number of hydrogen-bond donors (Lipinski definition) is 2. The number of hydrogen-bond acceptors (Lipinski definition) is 4. The molecule has 0 unspecified atom stereocenters. The average molecular weight is 286 g/mol. The van der Waals surface area contributed by atoms with E-state index >= 15 is 0 Å². The predicted molar refractivity (Wildman–Crippen MR) is 76.7 cm³/mol. The van der Waals surface area contributed by atoms with Crippen LogP contribution < -0.4 is 15.2 Å². The molecule has 0 saturated heterocycles. The van der Waals surface area contributed by atoms with E-state index in [4.69, 9.17) is 10.5 Å². The van der Waals surface area contributed by atoms with Crippen molar-refractivity contribution in [3.8, 4) is 5.75 Å². The summed E-state index contributed by atoms with van der Waals surface area (Å²) in [6.45, 7) is 5.77. The van der Waals surface area contributed by atoms with Crippen LogP contribution in [0.2, 0.25) is 0 Å². The topological polar surface area (TPSA) is 81.4 Å². The lowest BCUT2D eigenvalue weighted by molar-refractivity contribution is 0.382. The highest BCUT2D eigenvalue weighted by Gasteiger charge is 2.29. The monoisotopic (exact) mass is 286 g/mol. The van der Waals surface area contributed by atoms with Crippen LogP contribution in [0.1, 0.15) is 33.6 Å². The van der Waals surface area contributed by atoms with Crippen molar-refractivity contribution >= 4 is 15.7 Å². The summed E-state index contributed by atoms with van der Waals surface area (Å²) < 4.78 is 32.7. The Morgan fingerprint density at radius 3 is 2.37 bits per heavy atom. The third kappa shape index (κ3) is 3.61. The first-order chi connectivity index (χ1) is 8.78. The first-order valence-corrected chi connectivity index (χ1v) is 7.74. The van der Waals surface area contributed by atoms with E-state index in [-0.39, 0.29) is 10.6 Å². The normalized spacial score (nSPS) is 12.4. The van der Waals surface area contributed by atoms with E-state index in [9.17, 15) is 8.42 Å². The lowest BCUT2D eigenvalue weighted by Crippen LogP contribution is -2.44. The molecule has 1 aromatic carbocycles. The molecule has 0 aliphatic heterocycles.